The molecule has 0 unspecified atom stereocenters. The minimum atomic E-state index is 0.0738. The number of Topliss-reactive ketones (excluding diaryl/α,β-unsaturated/α-hetero) is 1. The van der Waals surface area contributed by atoms with Crippen LogP contribution in [0.1, 0.15) is 29.6 Å². The van der Waals surface area contributed by atoms with E-state index < -0.39 is 0 Å². The summed E-state index contributed by atoms with van der Waals surface area (Å²) in [5.41, 5.74) is 1.97. The second-order valence-corrected chi connectivity index (χ2v) is 6.72. The molecular formula is C13H16N2OS2. The summed E-state index contributed by atoms with van der Waals surface area (Å²) in [6, 6.07) is 0. The third-order valence-electron chi connectivity index (χ3n) is 2.66. The van der Waals surface area contributed by atoms with Crippen molar-refractivity contribution in [1.29, 1.82) is 0 Å². The molecular weight excluding hydrogens is 264 g/mol. The van der Waals surface area contributed by atoms with Crippen molar-refractivity contribution in [3.8, 4) is 10.6 Å². The van der Waals surface area contributed by atoms with Crippen LogP contribution in [0.2, 0.25) is 0 Å². The Bertz CT molecular complexity index is 569. The van der Waals surface area contributed by atoms with Gasteiger partial charge >= 0.3 is 0 Å². The van der Waals surface area contributed by atoms with Crippen molar-refractivity contribution < 1.29 is 4.79 Å². The molecule has 0 aliphatic carbocycles. The van der Waals surface area contributed by atoms with Gasteiger partial charge in [-0.15, -0.1) is 22.7 Å². The Balaban J connectivity index is 2.20. The van der Waals surface area contributed by atoms with Crippen LogP contribution in [0, 0.1) is 19.8 Å². The highest BCUT2D eigenvalue weighted by Crippen LogP contribution is 2.30. The Morgan fingerprint density at radius 3 is 2.61 bits per heavy atom. The maximum Gasteiger partial charge on any atom is 0.142 e. The standard InChI is InChI=1S/C13H16N2OS2/c1-7(2)11(16)5-12-15-10(6-17-12)13-8(3)14-9(4)18-13/h6-7H,5H2,1-4H3. The summed E-state index contributed by atoms with van der Waals surface area (Å²) in [4.78, 5) is 21.8. The number of nitrogens with zero attached hydrogens (tertiary/aromatic N) is 2. The third-order valence-corrected chi connectivity index (χ3v) is 4.60. The number of carbonyl (C=O) groups is 1. The molecule has 2 aromatic rings. The lowest BCUT2D eigenvalue weighted by molar-refractivity contribution is -0.121. The topological polar surface area (TPSA) is 42.9 Å². The summed E-state index contributed by atoms with van der Waals surface area (Å²) in [5, 5.41) is 3.97. The number of aromatic nitrogens is 2. The molecule has 5 heteroatoms. The minimum absolute atomic E-state index is 0.0738. The molecule has 0 bridgehead atoms. The summed E-state index contributed by atoms with van der Waals surface area (Å²) in [6.07, 6.45) is 0.444. The molecule has 18 heavy (non-hydrogen) atoms. The van der Waals surface area contributed by atoms with Crippen molar-refractivity contribution in [3.05, 3.63) is 21.1 Å². The lowest BCUT2D eigenvalue weighted by Gasteiger charge is -2.00. The van der Waals surface area contributed by atoms with E-state index in [4.69, 9.17) is 0 Å². The van der Waals surface area contributed by atoms with Crippen LogP contribution < -0.4 is 0 Å². The second kappa shape index (κ2) is 5.28. The van der Waals surface area contributed by atoms with Crippen LogP contribution >= 0.6 is 22.7 Å². The first-order chi connectivity index (χ1) is 8.47. The van der Waals surface area contributed by atoms with Crippen molar-refractivity contribution in [2.24, 2.45) is 5.92 Å². The number of rotatable bonds is 4. The predicted octanol–water partition coefficient (Wildman–Crippen LogP) is 3.65. The maximum atomic E-state index is 11.7. The van der Waals surface area contributed by atoms with Gasteiger partial charge in [0.05, 0.1) is 27.7 Å². The molecule has 2 rings (SSSR count). The molecule has 0 radical (unpaired) electrons. The van der Waals surface area contributed by atoms with Crippen LogP contribution in [0.4, 0.5) is 0 Å². The highest BCUT2D eigenvalue weighted by molar-refractivity contribution is 7.16. The average molecular weight is 280 g/mol. The van der Waals surface area contributed by atoms with E-state index in [0.29, 0.717) is 6.42 Å². The molecule has 0 aromatic carbocycles. The zero-order chi connectivity index (χ0) is 13.3. The highest BCUT2D eigenvalue weighted by Gasteiger charge is 2.14. The fourth-order valence-electron chi connectivity index (χ4n) is 1.62. The Hall–Kier alpha value is -1.07. The maximum absolute atomic E-state index is 11.7. The highest BCUT2D eigenvalue weighted by atomic mass is 32.1. The lowest BCUT2D eigenvalue weighted by atomic mass is 10.1. The fourth-order valence-corrected chi connectivity index (χ4v) is 3.37. The van der Waals surface area contributed by atoms with E-state index in [2.05, 4.69) is 9.97 Å². The van der Waals surface area contributed by atoms with E-state index in [-0.39, 0.29) is 11.7 Å². The molecule has 0 aliphatic heterocycles. The Kier molecular flexibility index (Phi) is 3.92. The molecule has 0 N–H and O–H groups in total. The van der Waals surface area contributed by atoms with E-state index in [1.54, 1.807) is 22.7 Å². The smallest absolute Gasteiger partial charge is 0.142 e. The van der Waals surface area contributed by atoms with Gasteiger partial charge in [0.1, 0.15) is 10.8 Å². The molecule has 0 spiro atoms. The zero-order valence-corrected chi connectivity index (χ0v) is 12.6. The molecule has 2 heterocycles. The van der Waals surface area contributed by atoms with Crippen LogP contribution in [0.25, 0.3) is 10.6 Å². The number of carbonyl (C=O) groups excluding carboxylic acids is 1. The molecule has 0 fully saturated rings. The van der Waals surface area contributed by atoms with Gasteiger partial charge in [-0.1, -0.05) is 13.8 Å². The van der Waals surface area contributed by atoms with Crippen molar-refractivity contribution >= 4 is 28.5 Å². The van der Waals surface area contributed by atoms with E-state index in [9.17, 15) is 4.79 Å². The summed E-state index contributed by atoms with van der Waals surface area (Å²) >= 11 is 3.21. The van der Waals surface area contributed by atoms with Gasteiger partial charge in [0.25, 0.3) is 0 Å². The van der Waals surface area contributed by atoms with E-state index in [1.165, 1.54) is 0 Å². The molecule has 0 saturated heterocycles. The summed E-state index contributed by atoms with van der Waals surface area (Å²) in [6.45, 7) is 7.84. The SMILES string of the molecule is Cc1nc(C)c(-c2csc(CC(=O)C(C)C)n2)s1. The van der Waals surface area contributed by atoms with Crippen molar-refractivity contribution in [2.45, 2.75) is 34.1 Å². The van der Waals surface area contributed by atoms with Crippen molar-refractivity contribution in [2.75, 3.05) is 0 Å². The number of ketones is 1. The molecule has 3 nitrogen and oxygen atoms in total. The second-order valence-electron chi connectivity index (χ2n) is 4.57. The van der Waals surface area contributed by atoms with E-state index >= 15 is 0 Å². The normalized spacial score (nSPS) is 11.2. The Morgan fingerprint density at radius 1 is 1.33 bits per heavy atom. The fraction of sp³-hybridized carbons (Fsp3) is 0.462. The number of hydrogen-bond donors (Lipinski definition) is 0. The first kappa shape index (κ1) is 13.4. The zero-order valence-electron chi connectivity index (χ0n) is 11.0. The van der Waals surface area contributed by atoms with Crippen LogP contribution in [-0.4, -0.2) is 15.8 Å². The Morgan fingerprint density at radius 2 is 2.06 bits per heavy atom. The van der Waals surface area contributed by atoms with Crippen molar-refractivity contribution in [1.82, 2.24) is 9.97 Å². The van der Waals surface area contributed by atoms with E-state index in [1.807, 2.05) is 33.1 Å². The number of aryl methyl sites for hydroxylation is 2. The molecule has 0 amide bonds. The third kappa shape index (κ3) is 2.84. The quantitative estimate of drug-likeness (QED) is 0.858. The van der Waals surface area contributed by atoms with Gasteiger partial charge in [-0.2, -0.15) is 0 Å². The summed E-state index contributed by atoms with van der Waals surface area (Å²) in [5.74, 6) is 0.317. The molecule has 2 aromatic heterocycles. The molecule has 96 valence electrons. The monoisotopic (exact) mass is 280 g/mol. The number of thiazole rings is 2. The van der Waals surface area contributed by atoms with Crippen LogP contribution in [0.15, 0.2) is 5.38 Å². The van der Waals surface area contributed by atoms with Crippen LogP contribution in [-0.2, 0) is 11.2 Å². The summed E-state index contributed by atoms with van der Waals surface area (Å²) < 4.78 is 0. The lowest BCUT2D eigenvalue weighted by Crippen LogP contribution is -2.09. The van der Waals surface area contributed by atoms with Gasteiger partial charge in [0.2, 0.25) is 0 Å². The minimum Gasteiger partial charge on any atom is -0.299 e. The summed E-state index contributed by atoms with van der Waals surface area (Å²) in [7, 11) is 0. The number of hydrogen-bond acceptors (Lipinski definition) is 5. The van der Waals surface area contributed by atoms with Gasteiger partial charge in [-0.25, -0.2) is 9.97 Å². The van der Waals surface area contributed by atoms with Gasteiger partial charge in [0.15, 0.2) is 0 Å². The molecule has 0 aliphatic rings. The largest absolute Gasteiger partial charge is 0.299 e. The first-order valence-corrected chi connectivity index (χ1v) is 7.58. The van der Waals surface area contributed by atoms with Gasteiger partial charge in [-0.3, -0.25) is 4.79 Å². The van der Waals surface area contributed by atoms with Crippen LogP contribution in [0.5, 0.6) is 0 Å². The van der Waals surface area contributed by atoms with Gasteiger partial charge < -0.3 is 0 Å². The van der Waals surface area contributed by atoms with E-state index in [0.717, 1.165) is 26.3 Å². The predicted molar refractivity (Wildman–Crippen MR) is 76.2 cm³/mol. The average Bonchev–Trinajstić information content (AvgIpc) is 2.85. The van der Waals surface area contributed by atoms with Crippen LogP contribution in [0.3, 0.4) is 0 Å². The van der Waals surface area contributed by atoms with Crippen molar-refractivity contribution in [3.63, 3.8) is 0 Å². The first-order valence-electron chi connectivity index (χ1n) is 5.89. The molecule has 0 atom stereocenters. The van der Waals surface area contributed by atoms with Gasteiger partial charge in [-0.05, 0) is 13.8 Å². The molecule has 0 saturated carbocycles. The Labute approximate surface area is 115 Å². The van der Waals surface area contributed by atoms with Gasteiger partial charge in [0, 0.05) is 11.3 Å².